The number of carbonyl (C=O) groups is 4. The van der Waals surface area contributed by atoms with Gasteiger partial charge in [-0.25, -0.2) is 4.98 Å². The fourth-order valence-corrected chi connectivity index (χ4v) is 8.62. The van der Waals surface area contributed by atoms with E-state index in [-0.39, 0.29) is 36.9 Å². The largest absolute Gasteiger partial charge is 0.494 e. The van der Waals surface area contributed by atoms with Gasteiger partial charge < -0.3 is 44.2 Å². The van der Waals surface area contributed by atoms with Gasteiger partial charge in [0.25, 0.3) is 5.91 Å². The van der Waals surface area contributed by atoms with E-state index < -0.39 is 70.1 Å². The number of anilines is 2. The number of ether oxygens (including phenoxy) is 3. The number of nitrogens with zero attached hydrogens (tertiary/aromatic N) is 5. The summed E-state index contributed by atoms with van der Waals surface area (Å²) < 4.78 is 63.7. The molecule has 2 fully saturated rings. The molecular weight excluding hydrogens is 932 g/mol. The molecule has 3 aromatic carbocycles. The Hall–Kier alpha value is -6.40. The molecule has 3 atom stereocenters. The number of amides is 4. The lowest BCUT2D eigenvalue weighted by atomic mass is 9.85. The summed E-state index contributed by atoms with van der Waals surface area (Å²) in [5.41, 5.74) is -1.52. The molecule has 20 heteroatoms. The highest BCUT2D eigenvalue weighted by Gasteiger charge is 2.51. The number of alkyl halides is 3. The lowest BCUT2D eigenvalue weighted by molar-refractivity contribution is -0.144. The number of halogens is 3. The zero-order chi connectivity index (χ0) is 50.8. The third kappa shape index (κ3) is 13.1. The van der Waals surface area contributed by atoms with E-state index in [1.165, 1.54) is 17.4 Å². The van der Waals surface area contributed by atoms with Crippen LogP contribution in [-0.2, 0) is 41.4 Å². The molecule has 1 aromatic heterocycles. The second kappa shape index (κ2) is 23.0. The van der Waals surface area contributed by atoms with Crippen LogP contribution in [0.2, 0.25) is 0 Å². The van der Waals surface area contributed by atoms with E-state index in [1.807, 2.05) is 45.0 Å². The molecule has 0 bridgehead atoms. The highest BCUT2D eigenvalue weighted by atomic mass is 32.1. The molecule has 374 valence electrons. The third-order valence-electron chi connectivity index (χ3n) is 11.9. The number of rotatable bonds is 21. The quantitative estimate of drug-likeness (QED) is 0.0574. The molecule has 3 heterocycles. The van der Waals surface area contributed by atoms with Gasteiger partial charge in [0.1, 0.15) is 30.0 Å². The topological polar surface area (TPSA) is 200 Å². The Bertz CT molecular complexity index is 2510. The third-order valence-corrected chi connectivity index (χ3v) is 12.2. The Morgan fingerprint density at radius 2 is 1.60 bits per heavy atom. The maximum atomic E-state index is 13.9. The first kappa shape index (κ1) is 53.0. The summed E-state index contributed by atoms with van der Waals surface area (Å²) in [5.74, 6) is -0.671. The van der Waals surface area contributed by atoms with Crippen LogP contribution in [0.1, 0.15) is 83.4 Å². The van der Waals surface area contributed by atoms with Crippen molar-refractivity contribution in [3.05, 3.63) is 96.0 Å². The number of nitrogens with one attached hydrogen (secondary N) is 2. The number of aromatic nitrogens is 1. The fourth-order valence-electron chi connectivity index (χ4n) is 8.10. The number of thiocarbonyl (C=S) groups is 1. The number of aliphatic hydroxyl groups excluding tert-OH is 1. The van der Waals surface area contributed by atoms with Crippen LogP contribution >= 0.6 is 12.2 Å². The number of hydrogen-bond acceptors (Lipinski definition) is 12. The fraction of sp³-hybridized carbons (Fsp3) is 0.460. The van der Waals surface area contributed by atoms with Crippen LogP contribution in [0.5, 0.6) is 5.75 Å². The summed E-state index contributed by atoms with van der Waals surface area (Å²) in [6.45, 7) is 10.3. The standard InChI is InChI=1S/C50H58F3N7O9S/c1-48(2,3)43(45(64)58-29-37(61)25-40(58)44(63)56-27-32-10-12-33(13-11-32)41-28-55-31-69-41)57-42(62)30-67-22-7-6-20-66-21-8-9-23-68-38-18-16-35(17-19-38)60-47(70)59(46(65)49(60,4)5)36-15-14-34(26-54)39(24-36)50(51,52)53/h10-19,24,28,31,37,40,43,61H,6-9,20-23,25,27,29-30H2,1-5H3,(H,56,63)(H,57,62)/t37-,40+,43-/m1/s1. The van der Waals surface area contributed by atoms with Gasteiger partial charge in [-0.2, -0.15) is 18.4 Å². The summed E-state index contributed by atoms with van der Waals surface area (Å²) in [7, 11) is 0. The van der Waals surface area contributed by atoms with Crippen molar-refractivity contribution in [2.75, 3.05) is 49.4 Å². The van der Waals surface area contributed by atoms with Gasteiger partial charge >= 0.3 is 6.18 Å². The van der Waals surface area contributed by atoms with Gasteiger partial charge in [0.2, 0.25) is 17.7 Å². The SMILES string of the molecule is CC(C)(C)[C@H](NC(=O)COCCCCOCCCCOc1ccc(N2C(=S)N(c3ccc(C#N)c(C(F)(F)F)c3)C(=O)C2(C)C)cc1)C(=O)N1C[C@H](O)C[C@H]1C(=O)NCc1ccc(-c2cnco2)cc1. The summed E-state index contributed by atoms with van der Waals surface area (Å²) >= 11 is 5.62. The van der Waals surface area contributed by atoms with Gasteiger partial charge in [-0.3, -0.25) is 24.1 Å². The van der Waals surface area contributed by atoms with Gasteiger partial charge in [0, 0.05) is 50.6 Å². The highest BCUT2D eigenvalue weighted by molar-refractivity contribution is 7.81. The Morgan fingerprint density at radius 1 is 0.957 bits per heavy atom. The number of β-amino-alcohol motifs (C(OH)–C–C–N with tert-alkyl or cyclic N) is 1. The Morgan fingerprint density at radius 3 is 2.21 bits per heavy atom. The van der Waals surface area contributed by atoms with E-state index >= 15 is 0 Å². The minimum absolute atomic E-state index is 0.00298. The molecule has 2 saturated heterocycles. The molecule has 70 heavy (non-hydrogen) atoms. The molecule has 16 nitrogen and oxygen atoms in total. The normalized spacial score (nSPS) is 17.4. The molecule has 0 aliphatic carbocycles. The average Bonchev–Trinajstić information content (AvgIpc) is 4.04. The van der Waals surface area contributed by atoms with Crippen molar-refractivity contribution >= 4 is 52.3 Å². The van der Waals surface area contributed by atoms with Gasteiger partial charge in [-0.15, -0.1) is 0 Å². The number of unbranched alkanes of at least 4 members (excludes halogenated alkanes) is 2. The van der Waals surface area contributed by atoms with Crippen molar-refractivity contribution in [3.8, 4) is 23.1 Å². The molecule has 0 saturated carbocycles. The van der Waals surface area contributed by atoms with E-state index in [0.29, 0.717) is 62.9 Å². The molecule has 0 unspecified atom stereocenters. The molecule has 0 radical (unpaired) electrons. The van der Waals surface area contributed by atoms with Crippen LogP contribution in [0.15, 0.2) is 83.7 Å². The molecule has 4 aromatic rings. The summed E-state index contributed by atoms with van der Waals surface area (Å²) in [6, 6.07) is 17.0. The van der Waals surface area contributed by atoms with E-state index in [9.17, 15) is 42.7 Å². The maximum absolute atomic E-state index is 13.9. The number of aliphatic hydroxyl groups is 1. The van der Waals surface area contributed by atoms with Crippen molar-refractivity contribution < 1.29 is 56.1 Å². The highest BCUT2D eigenvalue weighted by Crippen LogP contribution is 2.40. The minimum Gasteiger partial charge on any atom is -0.494 e. The molecule has 4 amide bonds. The van der Waals surface area contributed by atoms with E-state index in [4.69, 9.17) is 30.8 Å². The summed E-state index contributed by atoms with van der Waals surface area (Å²) in [5, 5.41) is 25.4. The molecule has 2 aliphatic rings. The summed E-state index contributed by atoms with van der Waals surface area (Å²) in [4.78, 5) is 61.7. The lowest BCUT2D eigenvalue weighted by Gasteiger charge is -2.35. The first-order chi connectivity index (χ1) is 33.2. The Balaban J connectivity index is 0.849. The molecule has 2 aliphatic heterocycles. The zero-order valence-electron chi connectivity index (χ0n) is 39.7. The second-order valence-corrected chi connectivity index (χ2v) is 19.0. The number of oxazole rings is 1. The molecule has 6 rings (SSSR count). The predicted molar refractivity (Wildman–Crippen MR) is 256 cm³/mol. The van der Waals surface area contributed by atoms with E-state index in [0.717, 1.165) is 34.6 Å². The van der Waals surface area contributed by atoms with Gasteiger partial charge in [-0.1, -0.05) is 45.0 Å². The van der Waals surface area contributed by atoms with Crippen molar-refractivity contribution in [1.82, 2.24) is 20.5 Å². The van der Waals surface area contributed by atoms with Crippen molar-refractivity contribution in [3.63, 3.8) is 0 Å². The van der Waals surface area contributed by atoms with Crippen LogP contribution in [0.3, 0.4) is 0 Å². The van der Waals surface area contributed by atoms with Crippen molar-refractivity contribution in [2.45, 2.75) is 103 Å². The number of nitriles is 1. The zero-order valence-corrected chi connectivity index (χ0v) is 40.5. The molecular formula is C50H58F3N7O9S. The first-order valence-corrected chi connectivity index (χ1v) is 23.3. The van der Waals surface area contributed by atoms with Gasteiger partial charge in [-0.05, 0) is 105 Å². The van der Waals surface area contributed by atoms with Crippen LogP contribution in [0.4, 0.5) is 24.5 Å². The van der Waals surface area contributed by atoms with Gasteiger partial charge in [0.15, 0.2) is 17.3 Å². The monoisotopic (exact) mass is 989 g/mol. The average molecular weight is 990 g/mol. The number of benzene rings is 3. The van der Waals surface area contributed by atoms with Crippen molar-refractivity contribution in [2.24, 2.45) is 5.41 Å². The predicted octanol–water partition coefficient (Wildman–Crippen LogP) is 6.93. The number of likely N-dealkylation sites (tertiary alicyclic amines) is 1. The molecule has 3 N–H and O–H groups in total. The minimum atomic E-state index is -4.80. The Kier molecular flexibility index (Phi) is 17.4. The number of carbonyl (C=O) groups excluding carboxylic acids is 4. The number of hydrogen-bond donors (Lipinski definition) is 3. The van der Waals surface area contributed by atoms with Crippen LogP contribution in [0, 0.1) is 16.7 Å². The van der Waals surface area contributed by atoms with Crippen LogP contribution in [0.25, 0.3) is 11.3 Å². The van der Waals surface area contributed by atoms with Crippen molar-refractivity contribution in [1.29, 1.82) is 5.26 Å². The summed E-state index contributed by atoms with van der Waals surface area (Å²) in [6.07, 6.45) is 0.125. The lowest BCUT2D eigenvalue weighted by Crippen LogP contribution is -2.58. The first-order valence-electron chi connectivity index (χ1n) is 22.9. The van der Waals surface area contributed by atoms with Crippen LogP contribution in [-0.4, -0.2) is 107 Å². The van der Waals surface area contributed by atoms with E-state index in [2.05, 4.69) is 15.6 Å². The van der Waals surface area contributed by atoms with Gasteiger partial charge in [0.05, 0.1) is 41.8 Å². The Labute approximate surface area is 410 Å². The van der Waals surface area contributed by atoms with Crippen LogP contribution < -0.4 is 25.2 Å². The van der Waals surface area contributed by atoms with E-state index in [1.54, 1.807) is 55.3 Å². The second-order valence-electron chi connectivity index (χ2n) is 18.6. The molecule has 0 spiro atoms. The maximum Gasteiger partial charge on any atom is 0.417 e. The smallest absolute Gasteiger partial charge is 0.417 e.